The van der Waals surface area contributed by atoms with Crippen LogP contribution in [0.15, 0.2) is 66.7 Å². The number of ether oxygens (including phenoxy) is 2. The molecule has 1 aliphatic heterocycles. The number of rotatable bonds is 8. The molecule has 3 amide bonds. The van der Waals surface area contributed by atoms with Crippen LogP contribution < -0.4 is 15.0 Å². The Kier molecular flexibility index (Phi) is 6.91. The van der Waals surface area contributed by atoms with Gasteiger partial charge in [0.25, 0.3) is 17.7 Å². The zero-order chi connectivity index (χ0) is 24.9. The number of fused-ring (bicyclic) bond motifs is 1. The fourth-order valence-electron chi connectivity index (χ4n) is 3.80. The Morgan fingerprint density at radius 1 is 0.914 bits per heavy atom. The van der Waals surface area contributed by atoms with Crippen molar-refractivity contribution in [1.29, 1.82) is 0 Å². The zero-order valence-electron chi connectivity index (χ0n) is 19.4. The molecule has 8 nitrogen and oxygen atoms in total. The Balaban J connectivity index is 1.33. The summed E-state index contributed by atoms with van der Waals surface area (Å²) in [4.78, 5) is 51.4. The van der Waals surface area contributed by atoms with E-state index in [1.807, 2.05) is 43.3 Å². The number of para-hydroxylation sites is 1. The van der Waals surface area contributed by atoms with E-state index in [1.165, 1.54) is 18.2 Å². The molecule has 0 bridgehead atoms. The third kappa shape index (κ3) is 5.06. The van der Waals surface area contributed by atoms with Crippen molar-refractivity contribution in [2.24, 2.45) is 0 Å². The predicted octanol–water partition coefficient (Wildman–Crippen LogP) is 3.32. The van der Waals surface area contributed by atoms with Gasteiger partial charge in [-0.15, -0.1) is 0 Å². The molecule has 0 spiro atoms. The van der Waals surface area contributed by atoms with E-state index in [0.717, 1.165) is 21.8 Å². The van der Waals surface area contributed by atoms with Crippen LogP contribution in [-0.2, 0) is 16.0 Å². The molecule has 1 aliphatic rings. The van der Waals surface area contributed by atoms with Gasteiger partial charge in [0, 0.05) is 6.54 Å². The molecule has 1 N–H and O–H groups in total. The molecule has 35 heavy (non-hydrogen) atoms. The smallest absolute Gasteiger partial charge is 0.338 e. The Hall–Kier alpha value is -4.46. The first-order valence-electron chi connectivity index (χ1n) is 11.0. The molecule has 0 aromatic heterocycles. The fourth-order valence-corrected chi connectivity index (χ4v) is 3.80. The van der Waals surface area contributed by atoms with Crippen molar-refractivity contribution in [2.75, 3.05) is 25.2 Å². The maximum absolute atomic E-state index is 13.0. The Bertz CT molecular complexity index is 1300. The number of nitrogens with zero attached hydrogens (tertiary/aromatic N) is 1. The highest BCUT2D eigenvalue weighted by molar-refractivity contribution is 6.34. The predicted molar refractivity (Wildman–Crippen MR) is 129 cm³/mol. The van der Waals surface area contributed by atoms with Gasteiger partial charge in [-0.25, -0.2) is 9.69 Å². The van der Waals surface area contributed by atoms with Crippen LogP contribution in [0.2, 0.25) is 0 Å². The highest BCUT2D eigenvalue weighted by Gasteiger charge is 2.37. The summed E-state index contributed by atoms with van der Waals surface area (Å²) < 4.78 is 10.2. The number of methoxy groups -OCH3 is 1. The van der Waals surface area contributed by atoms with E-state index in [-0.39, 0.29) is 16.7 Å². The van der Waals surface area contributed by atoms with Crippen molar-refractivity contribution in [1.82, 2.24) is 5.32 Å². The first kappa shape index (κ1) is 23.7. The monoisotopic (exact) mass is 472 g/mol. The molecule has 0 aliphatic carbocycles. The molecule has 1 heterocycles. The van der Waals surface area contributed by atoms with E-state index in [9.17, 15) is 19.2 Å². The number of anilines is 1. The normalized spacial score (nSPS) is 12.3. The lowest BCUT2D eigenvalue weighted by Crippen LogP contribution is -2.30. The van der Waals surface area contributed by atoms with Gasteiger partial charge in [-0.3, -0.25) is 14.4 Å². The van der Waals surface area contributed by atoms with Gasteiger partial charge in [-0.1, -0.05) is 30.3 Å². The molecule has 8 heteroatoms. The molecule has 0 unspecified atom stereocenters. The van der Waals surface area contributed by atoms with Crippen LogP contribution in [0.3, 0.4) is 0 Å². The summed E-state index contributed by atoms with van der Waals surface area (Å²) in [6, 6.07) is 18.7. The molecule has 0 radical (unpaired) electrons. The third-order valence-corrected chi connectivity index (χ3v) is 5.71. The SMILES string of the molecule is COc1ccc(CCNC(=O)COC(=O)c2ccc3c(c2)C(=O)N(c2ccccc2C)C3=O)cc1. The Labute approximate surface area is 202 Å². The number of hydrogen-bond donors (Lipinski definition) is 1. The van der Waals surface area contributed by atoms with Gasteiger partial charge in [0.15, 0.2) is 6.61 Å². The summed E-state index contributed by atoms with van der Waals surface area (Å²) in [5.74, 6) is -1.40. The van der Waals surface area contributed by atoms with Crippen LogP contribution in [0.4, 0.5) is 5.69 Å². The van der Waals surface area contributed by atoms with E-state index in [0.29, 0.717) is 18.7 Å². The molecular formula is C27H24N2O6. The van der Waals surface area contributed by atoms with Crippen LogP contribution >= 0.6 is 0 Å². The number of nitrogens with one attached hydrogen (secondary N) is 1. The number of carbonyl (C=O) groups excluding carboxylic acids is 4. The number of imide groups is 1. The molecule has 0 fully saturated rings. The average Bonchev–Trinajstić information content (AvgIpc) is 3.12. The lowest BCUT2D eigenvalue weighted by molar-refractivity contribution is -0.124. The summed E-state index contributed by atoms with van der Waals surface area (Å²) in [5, 5.41) is 2.70. The summed E-state index contributed by atoms with van der Waals surface area (Å²) >= 11 is 0. The van der Waals surface area contributed by atoms with E-state index < -0.39 is 30.3 Å². The molecule has 4 rings (SSSR count). The second kappa shape index (κ2) is 10.2. The minimum Gasteiger partial charge on any atom is -0.497 e. The highest BCUT2D eigenvalue weighted by atomic mass is 16.5. The Morgan fingerprint density at radius 3 is 2.34 bits per heavy atom. The second-order valence-electron chi connectivity index (χ2n) is 8.02. The number of aryl methyl sites for hydroxylation is 1. The van der Waals surface area contributed by atoms with Crippen molar-refractivity contribution in [3.63, 3.8) is 0 Å². The van der Waals surface area contributed by atoms with Crippen molar-refractivity contribution in [3.8, 4) is 5.75 Å². The first-order chi connectivity index (χ1) is 16.9. The Morgan fingerprint density at radius 2 is 1.63 bits per heavy atom. The second-order valence-corrected chi connectivity index (χ2v) is 8.02. The molecular weight excluding hydrogens is 448 g/mol. The van der Waals surface area contributed by atoms with Gasteiger partial charge in [0.1, 0.15) is 5.75 Å². The quantitative estimate of drug-likeness (QED) is 0.399. The van der Waals surface area contributed by atoms with Crippen molar-refractivity contribution < 1.29 is 28.7 Å². The van der Waals surface area contributed by atoms with Crippen LogP contribution in [-0.4, -0.2) is 44.0 Å². The van der Waals surface area contributed by atoms with Crippen molar-refractivity contribution >= 4 is 29.4 Å². The third-order valence-electron chi connectivity index (χ3n) is 5.71. The fraction of sp³-hybridized carbons (Fsp3) is 0.185. The van der Waals surface area contributed by atoms with Gasteiger partial charge >= 0.3 is 5.97 Å². The largest absolute Gasteiger partial charge is 0.497 e. The summed E-state index contributed by atoms with van der Waals surface area (Å²) in [7, 11) is 1.59. The molecule has 0 saturated heterocycles. The molecule has 3 aromatic rings. The van der Waals surface area contributed by atoms with Gasteiger partial charge in [0.2, 0.25) is 0 Å². The highest BCUT2D eigenvalue weighted by Crippen LogP contribution is 2.31. The van der Waals surface area contributed by atoms with Gasteiger partial charge in [-0.2, -0.15) is 0 Å². The molecule has 178 valence electrons. The van der Waals surface area contributed by atoms with Gasteiger partial charge < -0.3 is 14.8 Å². The van der Waals surface area contributed by atoms with E-state index in [2.05, 4.69) is 5.32 Å². The number of esters is 1. The summed E-state index contributed by atoms with van der Waals surface area (Å²) in [5.41, 5.74) is 2.72. The minimum absolute atomic E-state index is 0.0857. The van der Waals surface area contributed by atoms with Gasteiger partial charge in [-0.05, 0) is 60.9 Å². The maximum atomic E-state index is 13.0. The molecule has 3 aromatic carbocycles. The minimum atomic E-state index is -0.757. The van der Waals surface area contributed by atoms with E-state index in [1.54, 1.807) is 19.2 Å². The number of benzene rings is 3. The average molecular weight is 472 g/mol. The zero-order valence-corrected chi connectivity index (χ0v) is 19.4. The van der Waals surface area contributed by atoms with Crippen LogP contribution in [0.25, 0.3) is 0 Å². The molecule has 0 saturated carbocycles. The summed E-state index contributed by atoms with van der Waals surface area (Å²) in [6.45, 7) is 1.73. The number of carbonyl (C=O) groups is 4. The lowest BCUT2D eigenvalue weighted by atomic mass is 10.1. The van der Waals surface area contributed by atoms with Crippen molar-refractivity contribution in [3.05, 3.63) is 94.5 Å². The van der Waals surface area contributed by atoms with Crippen LogP contribution in [0.1, 0.15) is 42.2 Å². The standard InChI is InChI=1S/C27H24N2O6/c1-17-5-3-4-6-23(17)29-25(31)21-12-9-19(15-22(21)26(29)32)27(33)35-16-24(30)28-14-13-18-7-10-20(34-2)11-8-18/h3-12,15H,13-14,16H2,1-2H3,(H,28,30). The number of amides is 3. The first-order valence-corrected chi connectivity index (χ1v) is 11.0. The van der Waals surface area contributed by atoms with Crippen LogP contribution in [0, 0.1) is 6.92 Å². The number of hydrogen-bond acceptors (Lipinski definition) is 6. The van der Waals surface area contributed by atoms with Gasteiger partial charge in [0.05, 0.1) is 29.5 Å². The van der Waals surface area contributed by atoms with Crippen molar-refractivity contribution in [2.45, 2.75) is 13.3 Å². The molecule has 0 atom stereocenters. The maximum Gasteiger partial charge on any atom is 0.338 e. The lowest BCUT2D eigenvalue weighted by Gasteiger charge is -2.16. The topological polar surface area (TPSA) is 102 Å². The van der Waals surface area contributed by atoms with E-state index in [4.69, 9.17) is 9.47 Å². The van der Waals surface area contributed by atoms with Crippen LogP contribution in [0.5, 0.6) is 5.75 Å². The summed E-state index contributed by atoms with van der Waals surface area (Å²) in [6.07, 6.45) is 0.613. The van der Waals surface area contributed by atoms with E-state index >= 15 is 0 Å².